The van der Waals surface area contributed by atoms with Crippen LogP contribution in [0.3, 0.4) is 0 Å². The molecular weight excluding hydrogens is 398 g/mol. The molecule has 0 spiro atoms. The number of sulfone groups is 1. The average molecular weight is 410 g/mol. The lowest BCUT2D eigenvalue weighted by Gasteiger charge is -2.12. The van der Waals surface area contributed by atoms with Crippen molar-refractivity contribution in [2.45, 2.75) is 17.5 Å². The van der Waals surface area contributed by atoms with Gasteiger partial charge < -0.3 is 5.32 Å². The van der Waals surface area contributed by atoms with Gasteiger partial charge in [0, 0.05) is 12.1 Å². The average Bonchev–Trinajstić information content (AvgIpc) is 2.54. The molecule has 0 atom stereocenters. The molecule has 0 fully saturated rings. The zero-order valence-corrected chi connectivity index (χ0v) is 14.6. The number of halogens is 5. The predicted molar refractivity (Wildman–Crippen MR) is 88.2 cm³/mol. The Kier molecular flexibility index (Phi) is 5.92. The summed E-state index contributed by atoms with van der Waals surface area (Å²) in [6.07, 6.45) is -5.17. The molecule has 0 saturated carbocycles. The molecule has 26 heavy (non-hydrogen) atoms. The lowest BCUT2D eigenvalue weighted by molar-refractivity contribution is -0.137. The van der Waals surface area contributed by atoms with Gasteiger partial charge in [0.05, 0.1) is 21.2 Å². The molecule has 2 rings (SSSR count). The molecule has 0 aliphatic carbocycles. The van der Waals surface area contributed by atoms with Gasteiger partial charge in [-0.15, -0.1) is 0 Å². The number of nitrogens with one attached hydrogen (secondary N) is 1. The normalized spacial score (nSPS) is 12.0. The van der Waals surface area contributed by atoms with Crippen molar-refractivity contribution in [1.29, 1.82) is 0 Å². The van der Waals surface area contributed by atoms with E-state index in [2.05, 4.69) is 5.32 Å². The fourth-order valence-electron chi connectivity index (χ4n) is 2.03. The zero-order chi connectivity index (χ0) is 19.5. The van der Waals surface area contributed by atoms with Crippen LogP contribution in [-0.2, 0) is 20.8 Å². The molecule has 10 heteroatoms. The first-order valence-corrected chi connectivity index (χ1v) is 9.17. The van der Waals surface area contributed by atoms with Crippen LogP contribution in [0.15, 0.2) is 47.4 Å². The molecule has 140 valence electrons. The smallest absolute Gasteiger partial charge is 0.326 e. The third-order valence-corrected chi connectivity index (χ3v) is 5.39. The van der Waals surface area contributed by atoms with Gasteiger partial charge in [0.2, 0.25) is 5.91 Å². The summed E-state index contributed by atoms with van der Waals surface area (Å²) in [5.41, 5.74) is -1.28. The maximum absolute atomic E-state index is 12.8. The topological polar surface area (TPSA) is 63.2 Å². The Balaban J connectivity index is 2.04. The van der Waals surface area contributed by atoms with Gasteiger partial charge >= 0.3 is 6.18 Å². The number of anilines is 1. The van der Waals surface area contributed by atoms with E-state index in [1.165, 1.54) is 6.07 Å². The first-order chi connectivity index (χ1) is 12.0. The van der Waals surface area contributed by atoms with E-state index in [0.29, 0.717) is 6.07 Å². The first kappa shape index (κ1) is 20.2. The van der Waals surface area contributed by atoms with Crippen molar-refractivity contribution in [3.05, 3.63) is 58.9 Å². The molecule has 0 saturated heterocycles. The Morgan fingerprint density at radius 3 is 2.27 bits per heavy atom. The van der Waals surface area contributed by atoms with Crippen LogP contribution in [0.25, 0.3) is 0 Å². The minimum absolute atomic E-state index is 0.155. The summed E-state index contributed by atoms with van der Waals surface area (Å²) in [7, 11) is -3.83. The Morgan fingerprint density at radius 2 is 1.69 bits per heavy atom. The van der Waals surface area contributed by atoms with Gasteiger partial charge in [0.15, 0.2) is 9.84 Å². The molecular formula is C16H12ClF4NO3S. The molecule has 0 unspecified atom stereocenters. The second-order valence-electron chi connectivity index (χ2n) is 5.26. The number of carbonyl (C=O) groups is 1. The van der Waals surface area contributed by atoms with E-state index < -0.39 is 50.5 Å². The molecule has 1 N–H and O–H groups in total. The van der Waals surface area contributed by atoms with Crippen LogP contribution in [0, 0.1) is 5.82 Å². The van der Waals surface area contributed by atoms with Crippen LogP contribution < -0.4 is 5.32 Å². The summed E-state index contributed by atoms with van der Waals surface area (Å²) < 4.78 is 75.3. The SMILES string of the molecule is O=C(CCS(=O)(=O)c1ccc(F)cc1)Nc1ccc(Cl)c(C(F)(F)F)c1. The fraction of sp³-hybridized carbons (Fsp3) is 0.188. The quantitative estimate of drug-likeness (QED) is 0.591. The van der Waals surface area contributed by atoms with Crippen molar-refractivity contribution in [1.82, 2.24) is 0 Å². The third-order valence-electron chi connectivity index (χ3n) is 3.33. The standard InChI is InChI=1S/C16H12ClF4NO3S/c17-14-6-3-11(9-13(14)16(19,20)21)22-15(23)7-8-26(24,25)12-4-1-10(18)2-5-12/h1-6,9H,7-8H2,(H,22,23). The largest absolute Gasteiger partial charge is 0.417 e. The number of rotatable bonds is 5. The van der Waals surface area contributed by atoms with Crippen molar-refractivity contribution in [2.24, 2.45) is 0 Å². The number of hydrogen-bond acceptors (Lipinski definition) is 3. The van der Waals surface area contributed by atoms with Gasteiger partial charge in [-0.1, -0.05) is 11.6 Å². The summed E-state index contributed by atoms with van der Waals surface area (Å²) in [6, 6.07) is 6.89. The van der Waals surface area contributed by atoms with E-state index in [4.69, 9.17) is 11.6 Å². The summed E-state index contributed by atoms with van der Waals surface area (Å²) >= 11 is 5.48. The highest BCUT2D eigenvalue weighted by molar-refractivity contribution is 7.91. The number of alkyl halides is 3. The van der Waals surface area contributed by atoms with Gasteiger partial charge in [0.25, 0.3) is 0 Å². The second kappa shape index (κ2) is 7.63. The number of carbonyl (C=O) groups excluding carboxylic acids is 1. The molecule has 2 aromatic rings. The summed E-state index contributed by atoms with van der Waals surface area (Å²) in [5.74, 6) is -1.97. The summed E-state index contributed by atoms with van der Waals surface area (Å²) in [5, 5.41) is 1.67. The Morgan fingerprint density at radius 1 is 1.08 bits per heavy atom. The zero-order valence-electron chi connectivity index (χ0n) is 13.0. The number of amides is 1. The first-order valence-electron chi connectivity index (χ1n) is 7.14. The van der Waals surface area contributed by atoms with Gasteiger partial charge in [-0.25, -0.2) is 12.8 Å². The van der Waals surface area contributed by atoms with Gasteiger partial charge in [-0.05, 0) is 42.5 Å². The van der Waals surface area contributed by atoms with Crippen LogP contribution in [0.1, 0.15) is 12.0 Å². The Bertz CT molecular complexity index is 912. The third kappa shape index (κ3) is 5.18. The number of benzene rings is 2. The van der Waals surface area contributed by atoms with Crippen LogP contribution in [-0.4, -0.2) is 20.1 Å². The second-order valence-corrected chi connectivity index (χ2v) is 7.78. The van der Waals surface area contributed by atoms with Crippen molar-refractivity contribution in [3.63, 3.8) is 0 Å². The highest BCUT2D eigenvalue weighted by Crippen LogP contribution is 2.36. The maximum atomic E-state index is 12.8. The molecule has 0 aliphatic heterocycles. The molecule has 2 aromatic carbocycles. The van der Waals surface area contributed by atoms with E-state index >= 15 is 0 Å². The summed E-state index contributed by atoms with van der Waals surface area (Å²) in [4.78, 5) is 11.7. The Labute approximate surface area is 151 Å². The molecule has 0 heterocycles. The fourth-order valence-corrected chi connectivity index (χ4v) is 3.50. The van der Waals surface area contributed by atoms with E-state index in [-0.39, 0.29) is 10.6 Å². The van der Waals surface area contributed by atoms with E-state index in [1.807, 2.05) is 0 Å². The van der Waals surface area contributed by atoms with Crippen LogP contribution in [0.2, 0.25) is 5.02 Å². The van der Waals surface area contributed by atoms with Crippen molar-refractivity contribution < 1.29 is 30.8 Å². The van der Waals surface area contributed by atoms with Gasteiger partial charge in [-0.3, -0.25) is 4.79 Å². The van der Waals surface area contributed by atoms with Crippen LogP contribution >= 0.6 is 11.6 Å². The van der Waals surface area contributed by atoms with Gasteiger partial charge in [0.1, 0.15) is 5.82 Å². The lowest BCUT2D eigenvalue weighted by atomic mass is 10.2. The highest BCUT2D eigenvalue weighted by Gasteiger charge is 2.33. The van der Waals surface area contributed by atoms with Gasteiger partial charge in [-0.2, -0.15) is 13.2 Å². The minimum Gasteiger partial charge on any atom is -0.326 e. The number of hydrogen-bond donors (Lipinski definition) is 1. The van der Waals surface area contributed by atoms with E-state index in [1.54, 1.807) is 0 Å². The lowest BCUT2D eigenvalue weighted by Crippen LogP contribution is -2.18. The molecule has 0 aliphatic rings. The van der Waals surface area contributed by atoms with Crippen LogP contribution in [0.4, 0.5) is 23.2 Å². The molecule has 0 radical (unpaired) electrons. The Hall–Kier alpha value is -2.13. The van der Waals surface area contributed by atoms with E-state index in [0.717, 1.165) is 30.3 Å². The monoisotopic (exact) mass is 409 g/mol. The molecule has 4 nitrogen and oxygen atoms in total. The van der Waals surface area contributed by atoms with Crippen molar-refractivity contribution in [2.75, 3.05) is 11.1 Å². The van der Waals surface area contributed by atoms with Crippen molar-refractivity contribution in [3.8, 4) is 0 Å². The highest BCUT2D eigenvalue weighted by atomic mass is 35.5. The minimum atomic E-state index is -4.69. The summed E-state index contributed by atoms with van der Waals surface area (Å²) in [6.45, 7) is 0. The van der Waals surface area contributed by atoms with E-state index in [9.17, 15) is 30.8 Å². The molecule has 1 amide bonds. The molecule has 0 bridgehead atoms. The predicted octanol–water partition coefficient (Wildman–Crippen LogP) is 4.30. The van der Waals surface area contributed by atoms with Crippen molar-refractivity contribution >= 4 is 33.0 Å². The van der Waals surface area contributed by atoms with Crippen LogP contribution in [0.5, 0.6) is 0 Å². The molecule has 0 aromatic heterocycles. The maximum Gasteiger partial charge on any atom is 0.417 e.